The van der Waals surface area contributed by atoms with Crippen LogP contribution in [0.5, 0.6) is 0 Å². The fraction of sp³-hybridized carbons (Fsp3) is 0.286. The number of amidine groups is 2. The number of aliphatic imine (C=N–C) groups is 1. The molecule has 1 saturated heterocycles. The average Bonchev–Trinajstić information content (AvgIpc) is 2.80. The van der Waals surface area contributed by atoms with E-state index in [0.29, 0.717) is 22.1 Å². The van der Waals surface area contributed by atoms with Gasteiger partial charge in [0.05, 0.1) is 15.9 Å². The molecule has 0 aliphatic carbocycles. The molecule has 2 heterocycles. The summed E-state index contributed by atoms with van der Waals surface area (Å²) in [5.41, 5.74) is 0.955. The maximum Gasteiger partial charge on any atom is 0.365 e. The zero-order valence-electron chi connectivity index (χ0n) is 12.0. The summed E-state index contributed by atoms with van der Waals surface area (Å²) in [6.07, 6.45) is 0. The lowest BCUT2D eigenvalue weighted by atomic mass is 10.1. The number of fused-ring (bicyclic) bond motifs is 1. The molecule has 0 radical (unpaired) electrons. The van der Waals surface area contributed by atoms with Gasteiger partial charge in [0.15, 0.2) is 0 Å². The first-order chi connectivity index (χ1) is 10.4. The number of hydrogen-bond acceptors (Lipinski definition) is 3. The van der Waals surface area contributed by atoms with Gasteiger partial charge in [0.2, 0.25) is 0 Å². The average molecular weight is 385 g/mol. The number of imide groups is 1. The molecule has 0 aromatic heterocycles. The third kappa shape index (κ3) is 2.34. The van der Waals surface area contributed by atoms with Crippen LogP contribution in [0.4, 0.5) is 4.79 Å². The number of amides is 3. The topological polar surface area (TPSA) is 56.0 Å². The van der Waals surface area contributed by atoms with E-state index in [1.54, 1.807) is 13.1 Å². The van der Waals surface area contributed by atoms with Crippen molar-refractivity contribution in [2.75, 3.05) is 14.1 Å². The summed E-state index contributed by atoms with van der Waals surface area (Å²) in [7, 11) is 3.09. The third-order valence-corrected chi connectivity index (χ3v) is 4.59. The predicted molar refractivity (Wildman–Crippen MR) is 86.5 cm³/mol. The first-order valence-corrected chi connectivity index (χ1v) is 7.74. The molecule has 114 valence electrons. The highest BCUT2D eigenvalue weighted by Crippen LogP contribution is 2.22. The fourth-order valence-corrected chi connectivity index (χ4v) is 3.28. The summed E-state index contributed by atoms with van der Waals surface area (Å²) in [6.45, 7) is 0.459. The van der Waals surface area contributed by atoms with Crippen LogP contribution in [-0.4, -0.2) is 57.0 Å². The molecule has 1 fully saturated rings. The van der Waals surface area contributed by atoms with Crippen molar-refractivity contribution in [3.63, 3.8) is 0 Å². The number of carbonyl (C=O) groups is 2. The van der Waals surface area contributed by atoms with Crippen molar-refractivity contribution in [3.8, 4) is 0 Å². The molecule has 2 aliphatic heterocycles. The van der Waals surface area contributed by atoms with Crippen molar-refractivity contribution in [2.24, 2.45) is 4.99 Å². The molecule has 1 aromatic rings. The fourth-order valence-electron chi connectivity index (χ4n) is 2.56. The quantitative estimate of drug-likeness (QED) is 0.578. The van der Waals surface area contributed by atoms with Crippen LogP contribution in [0.2, 0.25) is 5.02 Å². The number of halogens is 2. The van der Waals surface area contributed by atoms with E-state index in [1.165, 1.54) is 11.9 Å². The first kappa shape index (κ1) is 15.2. The van der Waals surface area contributed by atoms with Crippen molar-refractivity contribution in [2.45, 2.75) is 12.6 Å². The van der Waals surface area contributed by atoms with E-state index >= 15 is 0 Å². The van der Waals surface area contributed by atoms with Gasteiger partial charge in [0.1, 0.15) is 6.54 Å². The minimum Gasteiger partial charge on any atom is -0.269 e. The molecule has 2 aliphatic rings. The number of carbonyl (C=O) groups excluding carboxylic acids is 2. The van der Waals surface area contributed by atoms with Crippen molar-refractivity contribution in [3.05, 3.63) is 34.9 Å². The largest absolute Gasteiger partial charge is 0.365 e. The molecule has 0 N–H and O–H groups in total. The van der Waals surface area contributed by atoms with Gasteiger partial charge in [-0.15, -0.1) is 0 Å². The molecule has 3 rings (SSSR count). The highest BCUT2D eigenvalue weighted by molar-refractivity contribution is 9.18. The molecule has 1 aromatic carbocycles. The summed E-state index contributed by atoms with van der Waals surface area (Å²) >= 11 is 9.38. The Morgan fingerprint density at radius 2 is 2.05 bits per heavy atom. The van der Waals surface area contributed by atoms with Gasteiger partial charge in [0.25, 0.3) is 17.8 Å². The monoisotopic (exact) mass is 383 g/mol. The summed E-state index contributed by atoms with van der Waals surface area (Å²) in [6, 6.07) is 6.42. The summed E-state index contributed by atoms with van der Waals surface area (Å²) in [4.78, 5) is 31.3. The molecule has 8 heteroatoms. The predicted octanol–water partition coefficient (Wildman–Crippen LogP) is 1.91. The summed E-state index contributed by atoms with van der Waals surface area (Å²) in [5, 5.41) is 0.633. The Morgan fingerprint density at radius 3 is 2.73 bits per heavy atom. The maximum atomic E-state index is 12.5. The number of benzene rings is 1. The zero-order chi connectivity index (χ0) is 16.0. The van der Waals surface area contributed by atoms with Gasteiger partial charge < -0.3 is 0 Å². The second kappa shape index (κ2) is 5.48. The number of hydrogen-bond donors (Lipinski definition) is 0. The minimum atomic E-state index is -0.610. The normalized spacial score (nSPS) is 21.5. The third-order valence-electron chi connectivity index (χ3n) is 3.72. The maximum absolute atomic E-state index is 12.5. The Balaban J connectivity index is 1.96. The van der Waals surface area contributed by atoms with E-state index in [1.807, 2.05) is 22.8 Å². The lowest BCUT2D eigenvalue weighted by molar-refractivity contribution is -0.548. The molecule has 0 spiro atoms. The van der Waals surface area contributed by atoms with Gasteiger partial charge in [-0.25, -0.2) is 9.37 Å². The summed E-state index contributed by atoms with van der Waals surface area (Å²) in [5.74, 6) is 0.139. The highest BCUT2D eigenvalue weighted by atomic mass is 79.9. The molecule has 1 unspecified atom stereocenters. The van der Waals surface area contributed by atoms with Gasteiger partial charge in [-0.2, -0.15) is 0 Å². The Bertz CT molecular complexity index is 746. The van der Waals surface area contributed by atoms with E-state index in [-0.39, 0.29) is 11.9 Å². The van der Waals surface area contributed by atoms with E-state index < -0.39 is 6.04 Å². The zero-order valence-corrected chi connectivity index (χ0v) is 14.3. The van der Waals surface area contributed by atoms with Gasteiger partial charge in [-0.3, -0.25) is 14.6 Å². The second-order valence-electron chi connectivity index (χ2n) is 5.14. The standard InChI is InChI=1S/C14H13BrClN4O2/c1-18-11-10(12(21)19(2)14(18)22)20(13(15)17-11)7-8-4-3-5-9(16)6-8/h3-6,10H,7H2,1-2H3/q+1. The van der Waals surface area contributed by atoms with Gasteiger partial charge in [0, 0.05) is 19.1 Å². The van der Waals surface area contributed by atoms with Gasteiger partial charge in [-0.1, -0.05) is 23.7 Å². The van der Waals surface area contributed by atoms with E-state index in [0.717, 1.165) is 10.5 Å². The molecule has 0 bridgehead atoms. The minimum absolute atomic E-state index is 0.293. The Labute approximate surface area is 140 Å². The van der Waals surface area contributed by atoms with Crippen LogP contribution in [0.15, 0.2) is 29.3 Å². The van der Waals surface area contributed by atoms with E-state index in [2.05, 4.69) is 20.9 Å². The van der Waals surface area contributed by atoms with Crippen LogP contribution in [0.3, 0.4) is 0 Å². The molecule has 6 nitrogen and oxygen atoms in total. The Kier molecular flexibility index (Phi) is 3.78. The second-order valence-corrected chi connectivity index (χ2v) is 6.28. The van der Waals surface area contributed by atoms with Crippen LogP contribution >= 0.6 is 27.5 Å². The number of likely N-dealkylation sites (N-methyl/N-ethyl adjacent to an activating group) is 2. The Hall–Kier alpha value is -1.73. The number of rotatable bonds is 2. The van der Waals surface area contributed by atoms with Crippen molar-refractivity contribution in [1.82, 2.24) is 9.80 Å². The molecule has 22 heavy (non-hydrogen) atoms. The van der Waals surface area contributed by atoms with Crippen LogP contribution in [0.1, 0.15) is 5.56 Å². The molecular weight excluding hydrogens is 372 g/mol. The molecule has 1 atom stereocenters. The SMILES string of the molecule is CN1C(=O)C2C(=NC(Br)=[N+]2Cc2cccc(Cl)c2)N(C)C1=O. The van der Waals surface area contributed by atoms with Crippen LogP contribution in [0, 0.1) is 0 Å². The van der Waals surface area contributed by atoms with Crippen molar-refractivity contribution in [1.29, 1.82) is 0 Å². The molecular formula is C14H13BrClN4O2+. The molecule has 3 amide bonds. The van der Waals surface area contributed by atoms with Gasteiger partial charge in [-0.05, 0) is 22.7 Å². The lowest BCUT2D eigenvalue weighted by Gasteiger charge is -2.30. The highest BCUT2D eigenvalue weighted by Gasteiger charge is 2.52. The van der Waals surface area contributed by atoms with E-state index in [4.69, 9.17) is 11.6 Å². The smallest absolute Gasteiger partial charge is 0.269 e. The van der Waals surface area contributed by atoms with Crippen molar-refractivity contribution >= 4 is 50.0 Å². The van der Waals surface area contributed by atoms with Crippen LogP contribution in [0.25, 0.3) is 0 Å². The van der Waals surface area contributed by atoms with Gasteiger partial charge >= 0.3 is 10.8 Å². The molecule has 0 saturated carbocycles. The van der Waals surface area contributed by atoms with Crippen LogP contribution < -0.4 is 0 Å². The van der Waals surface area contributed by atoms with Crippen LogP contribution in [-0.2, 0) is 11.3 Å². The lowest BCUT2D eigenvalue weighted by Crippen LogP contribution is -2.61. The number of urea groups is 1. The first-order valence-electron chi connectivity index (χ1n) is 6.57. The van der Waals surface area contributed by atoms with Crippen molar-refractivity contribution < 1.29 is 14.2 Å². The number of nitrogens with zero attached hydrogens (tertiary/aromatic N) is 4. The Morgan fingerprint density at radius 1 is 1.32 bits per heavy atom. The summed E-state index contributed by atoms with van der Waals surface area (Å²) < 4.78 is 2.33. The van der Waals surface area contributed by atoms with E-state index in [9.17, 15) is 9.59 Å².